The molecule has 1 aromatic carbocycles. The van der Waals surface area contributed by atoms with Gasteiger partial charge in [-0.2, -0.15) is 0 Å². The molecule has 0 aliphatic carbocycles. The maximum Gasteiger partial charge on any atom is 0.308 e. The zero-order chi connectivity index (χ0) is 15.8. The lowest BCUT2D eigenvalue weighted by molar-refractivity contribution is -0.144. The minimum absolute atomic E-state index is 0.174. The number of hydrogen-bond donors (Lipinski definition) is 2. The average molecular weight is 296 g/mol. The molecule has 6 heteroatoms. The van der Waals surface area contributed by atoms with Crippen LogP contribution in [0.4, 0.5) is 0 Å². The quantitative estimate of drug-likeness (QED) is 0.721. The Morgan fingerprint density at radius 1 is 1.10 bits per heavy atom. The molecule has 0 fully saturated rings. The van der Waals surface area contributed by atoms with Gasteiger partial charge in [-0.3, -0.25) is 9.59 Å². The number of carbonyl (C=O) groups is 2. The van der Waals surface area contributed by atoms with E-state index in [4.69, 9.17) is 0 Å². The number of benzene rings is 1. The van der Waals surface area contributed by atoms with Gasteiger partial charge in [0.1, 0.15) is 6.10 Å². The molecule has 0 aliphatic heterocycles. The molecule has 2 atom stereocenters. The summed E-state index contributed by atoms with van der Waals surface area (Å²) in [6, 6.07) is 6.89. The van der Waals surface area contributed by atoms with Crippen LogP contribution in [-0.4, -0.2) is 42.5 Å². The van der Waals surface area contributed by atoms with Gasteiger partial charge in [-0.05, 0) is 17.5 Å². The van der Waals surface area contributed by atoms with E-state index in [2.05, 4.69) is 9.47 Å². The summed E-state index contributed by atoms with van der Waals surface area (Å²) in [4.78, 5) is 22.3. The van der Waals surface area contributed by atoms with Gasteiger partial charge < -0.3 is 19.7 Å². The summed E-state index contributed by atoms with van der Waals surface area (Å²) in [6.45, 7) is 0. The van der Waals surface area contributed by atoms with Crippen LogP contribution < -0.4 is 0 Å². The first-order chi connectivity index (χ1) is 9.99. The first-order valence-corrected chi connectivity index (χ1v) is 6.57. The van der Waals surface area contributed by atoms with E-state index in [0.29, 0.717) is 12.0 Å². The highest BCUT2D eigenvalue weighted by Crippen LogP contribution is 2.24. The third-order valence-corrected chi connectivity index (χ3v) is 3.17. The van der Waals surface area contributed by atoms with Gasteiger partial charge >= 0.3 is 11.9 Å². The number of methoxy groups -OCH3 is 2. The highest BCUT2D eigenvalue weighted by Gasteiger charge is 2.23. The Labute approximate surface area is 123 Å². The average Bonchev–Trinajstić information content (AvgIpc) is 2.51. The molecule has 6 nitrogen and oxygen atoms in total. The van der Waals surface area contributed by atoms with Crippen LogP contribution in [0.2, 0.25) is 0 Å². The fraction of sp³-hybridized carbons (Fsp3) is 0.467. The van der Waals surface area contributed by atoms with Crippen molar-refractivity contribution in [3.63, 3.8) is 0 Å². The van der Waals surface area contributed by atoms with E-state index in [9.17, 15) is 19.8 Å². The second kappa shape index (κ2) is 8.39. The predicted octanol–water partition coefficient (Wildman–Crippen LogP) is 0.750. The second-order valence-electron chi connectivity index (χ2n) is 4.57. The molecule has 2 unspecified atom stereocenters. The standard InChI is InChI=1S/C15H20O6/c1-20-13(17)8-7-10-5-3-4-6-11(10)15(19)12(16)9-14(18)21-2/h3-6,12,15-16,19H,7-9H2,1-2H3. The molecule has 2 N–H and O–H groups in total. The Hall–Kier alpha value is -1.92. The minimum atomic E-state index is -1.27. The monoisotopic (exact) mass is 296 g/mol. The van der Waals surface area contributed by atoms with E-state index >= 15 is 0 Å². The molecule has 0 bridgehead atoms. The number of carbonyl (C=O) groups excluding carboxylic acids is 2. The van der Waals surface area contributed by atoms with Crippen molar-refractivity contribution in [2.45, 2.75) is 31.5 Å². The van der Waals surface area contributed by atoms with Crippen molar-refractivity contribution in [2.75, 3.05) is 14.2 Å². The largest absolute Gasteiger partial charge is 0.469 e. The molecule has 1 rings (SSSR count). The first kappa shape index (κ1) is 17.1. The molecular weight excluding hydrogens is 276 g/mol. The molecule has 0 heterocycles. The van der Waals surface area contributed by atoms with E-state index in [1.165, 1.54) is 14.2 Å². The van der Waals surface area contributed by atoms with Crippen LogP contribution in [0.3, 0.4) is 0 Å². The third kappa shape index (κ3) is 5.17. The van der Waals surface area contributed by atoms with Crippen LogP contribution in [0.1, 0.15) is 30.1 Å². The molecule has 0 amide bonds. The van der Waals surface area contributed by atoms with Crippen molar-refractivity contribution in [3.05, 3.63) is 35.4 Å². The Kier molecular flexibility index (Phi) is 6.84. The van der Waals surface area contributed by atoms with Crippen molar-refractivity contribution < 1.29 is 29.3 Å². The van der Waals surface area contributed by atoms with E-state index in [1.807, 2.05) is 0 Å². The number of ether oxygens (including phenoxy) is 2. The van der Waals surface area contributed by atoms with Crippen LogP contribution in [0.15, 0.2) is 24.3 Å². The zero-order valence-corrected chi connectivity index (χ0v) is 12.1. The minimum Gasteiger partial charge on any atom is -0.469 e. The lowest BCUT2D eigenvalue weighted by atomic mass is 9.94. The number of rotatable bonds is 7. The molecule has 116 valence electrons. The van der Waals surface area contributed by atoms with Gasteiger partial charge in [0.2, 0.25) is 0 Å². The number of hydrogen-bond acceptors (Lipinski definition) is 6. The first-order valence-electron chi connectivity index (χ1n) is 6.57. The van der Waals surface area contributed by atoms with E-state index in [1.54, 1.807) is 24.3 Å². The van der Waals surface area contributed by atoms with Crippen LogP contribution >= 0.6 is 0 Å². The van der Waals surface area contributed by atoms with Crippen molar-refractivity contribution in [2.24, 2.45) is 0 Å². The van der Waals surface area contributed by atoms with E-state index in [-0.39, 0.29) is 18.8 Å². The maximum atomic E-state index is 11.2. The molecule has 0 radical (unpaired) electrons. The summed E-state index contributed by atoms with van der Waals surface area (Å²) >= 11 is 0. The van der Waals surface area contributed by atoms with Crippen LogP contribution in [0.5, 0.6) is 0 Å². The number of esters is 2. The second-order valence-corrected chi connectivity index (χ2v) is 4.57. The van der Waals surface area contributed by atoms with Gasteiger partial charge in [0.05, 0.1) is 26.7 Å². The Bertz CT molecular complexity index is 485. The summed E-state index contributed by atoms with van der Waals surface area (Å²) in [5.74, 6) is -0.956. The number of aryl methyl sites for hydroxylation is 1. The normalized spacial score (nSPS) is 13.3. The highest BCUT2D eigenvalue weighted by molar-refractivity contribution is 5.70. The smallest absolute Gasteiger partial charge is 0.308 e. The summed E-state index contributed by atoms with van der Waals surface area (Å²) in [5, 5.41) is 20.0. The summed E-state index contributed by atoms with van der Waals surface area (Å²) < 4.78 is 9.03. The number of aliphatic hydroxyl groups excluding tert-OH is 2. The SMILES string of the molecule is COC(=O)CCc1ccccc1C(O)C(O)CC(=O)OC. The fourth-order valence-electron chi connectivity index (χ4n) is 1.96. The third-order valence-electron chi connectivity index (χ3n) is 3.17. The molecular formula is C15H20O6. The van der Waals surface area contributed by atoms with E-state index < -0.39 is 18.2 Å². The fourth-order valence-corrected chi connectivity index (χ4v) is 1.96. The maximum absolute atomic E-state index is 11.2. The summed E-state index contributed by atoms with van der Waals surface area (Å²) in [7, 11) is 2.52. The van der Waals surface area contributed by atoms with Crippen molar-refractivity contribution in [1.82, 2.24) is 0 Å². The van der Waals surface area contributed by atoms with Crippen molar-refractivity contribution in [3.8, 4) is 0 Å². The molecule has 0 spiro atoms. The summed E-state index contributed by atoms with van der Waals surface area (Å²) in [5.41, 5.74) is 1.21. The van der Waals surface area contributed by atoms with Gasteiger partial charge in [0, 0.05) is 6.42 Å². The Balaban J connectivity index is 2.81. The van der Waals surface area contributed by atoms with E-state index in [0.717, 1.165) is 5.56 Å². The Morgan fingerprint density at radius 3 is 2.33 bits per heavy atom. The topological polar surface area (TPSA) is 93.1 Å². The Morgan fingerprint density at radius 2 is 1.71 bits per heavy atom. The van der Waals surface area contributed by atoms with Crippen molar-refractivity contribution in [1.29, 1.82) is 0 Å². The zero-order valence-electron chi connectivity index (χ0n) is 12.1. The van der Waals surface area contributed by atoms with Gasteiger partial charge in [-0.25, -0.2) is 0 Å². The van der Waals surface area contributed by atoms with Gasteiger partial charge in [-0.1, -0.05) is 24.3 Å². The highest BCUT2D eigenvalue weighted by atomic mass is 16.5. The molecule has 0 aromatic heterocycles. The van der Waals surface area contributed by atoms with Crippen LogP contribution in [-0.2, 0) is 25.5 Å². The van der Waals surface area contributed by atoms with Gasteiger partial charge in [0.15, 0.2) is 0 Å². The van der Waals surface area contributed by atoms with Crippen LogP contribution in [0.25, 0.3) is 0 Å². The lowest BCUT2D eigenvalue weighted by Gasteiger charge is -2.20. The van der Waals surface area contributed by atoms with Crippen LogP contribution in [0, 0.1) is 0 Å². The van der Waals surface area contributed by atoms with Gasteiger partial charge in [-0.15, -0.1) is 0 Å². The van der Waals surface area contributed by atoms with Gasteiger partial charge in [0.25, 0.3) is 0 Å². The lowest BCUT2D eigenvalue weighted by Crippen LogP contribution is -2.23. The molecule has 0 saturated carbocycles. The predicted molar refractivity (Wildman–Crippen MR) is 74.4 cm³/mol. The molecule has 21 heavy (non-hydrogen) atoms. The molecule has 0 saturated heterocycles. The molecule has 0 aliphatic rings. The number of aliphatic hydroxyl groups is 2. The summed E-state index contributed by atoms with van der Waals surface area (Å²) in [6.07, 6.45) is -2.24. The van der Waals surface area contributed by atoms with Crippen molar-refractivity contribution >= 4 is 11.9 Å². The molecule has 1 aromatic rings.